The summed E-state index contributed by atoms with van der Waals surface area (Å²) in [6, 6.07) is 8.19. The summed E-state index contributed by atoms with van der Waals surface area (Å²) in [6.07, 6.45) is 0. The van der Waals surface area contributed by atoms with E-state index in [1.54, 1.807) is 18.2 Å². The standard InChI is InChI=1S/C11H10ClN3O2/c12-10-5-9(13)11(15-14-10)17-6-7-2-1-3-8(16)4-7/h1-5,16H,6H2,(H2,13,14). The van der Waals surface area contributed by atoms with Crippen LogP contribution < -0.4 is 10.5 Å². The number of halogens is 1. The Morgan fingerprint density at radius 3 is 2.82 bits per heavy atom. The highest BCUT2D eigenvalue weighted by atomic mass is 35.5. The number of aromatic nitrogens is 2. The van der Waals surface area contributed by atoms with Gasteiger partial charge in [0.1, 0.15) is 12.4 Å². The molecule has 2 rings (SSSR count). The minimum absolute atomic E-state index is 0.182. The molecular formula is C11H10ClN3O2. The van der Waals surface area contributed by atoms with Crippen LogP contribution in [0.5, 0.6) is 11.6 Å². The van der Waals surface area contributed by atoms with Crippen LogP contribution in [0.15, 0.2) is 30.3 Å². The van der Waals surface area contributed by atoms with Crippen molar-refractivity contribution in [1.82, 2.24) is 10.2 Å². The van der Waals surface area contributed by atoms with Gasteiger partial charge in [0.25, 0.3) is 5.88 Å². The van der Waals surface area contributed by atoms with E-state index in [9.17, 15) is 5.11 Å². The molecule has 3 N–H and O–H groups in total. The predicted molar refractivity (Wildman–Crippen MR) is 63.9 cm³/mol. The Hall–Kier alpha value is -2.01. The maximum absolute atomic E-state index is 9.28. The van der Waals surface area contributed by atoms with Gasteiger partial charge in [0, 0.05) is 6.07 Å². The van der Waals surface area contributed by atoms with Crippen molar-refractivity contribution in [3.8, 4) is 11.6 Å². The van der Waals surface area contributed by atoms with Crippen molar-refractivity contribution >= 4 is 17.3 Å². The van der Waals surface area contributed by atoms with Gasteiger partial charge in [0.05, 0.1) is 5.69 Å². The van der Waals surface area contributed by atoms with E-state index in [0.717, 1.165) is 5.56 Å². The number of ether oxygens (including phenoxy) is 1. The molecule has 0 atom stereocenters. The zero-order valence-electron chi connectivity index (χ0n) is 8.80. The van der Waals surface area contributed by atoms with Gasteiger partial charge in [0.15, 0.2) is 5.15 Å². The molecule has 0 unspecified atom stereocenters. The number of phenols is 1. The zero-order valence-corrected chi connectivity index (χ0v) is 9.55. The number of anilines is 1. The smallest absolute Gasteiger partial charge is 0.257 e. The molecule has 0 aliphatic rings. The van der Waals surface area contributed by atoms with Crippen LogP contribution in [0.2, 0.25) is 5.15 Å². The van der Waals surface area contributed by atoms with E-state index in [-0.39, 0.29) is 23.4 Å². The van der Waals surface area contributed by atoms with Gasteiger partial charge in [-0.05, 0) is 17.7 Å². The molecule has 2 aromatic rings. The Morgan fingerprint density at radius 1 is 1.29 bits per heavy atom. The molecule has 0 bridgehead atoms. The summed E-state index contributed by atoms with van der Waals surface area (Å²) < 4.78 is 5.36. The molecule has 1 aromatic carbocycles. The van der Waals surface area contributed by atoms with Crippen LogP contribution in [-0.2, 0) is 6.61 Å². The second-order valence-electron chi connectivity index (χ2n) is 3.39. The summed E-state index contributed by atoms with van der Waals surface area (Å²) in [5.41, 5.74) is 6.78. The van der Waals surface area contributed by atoms with E-state index in [2.05, 4.69) is 10.2 Å². The second-order valence-corrected chi connectivity index (χ2v) is 3.77. The molecule has 0 aliphatic heterocycles. The van der Waals surface area contributed by atoms with Gasteiger partial charge < -0.3 is 15.6 Å². The number of nitrogens with zero attached hydrogens (tertiary/aromatic N) is 2. The largest absolute Gasteiger partial charge is 0.508 e. The summed E-state index contributed by atoms with van der Waals surface area (Å²) in [5, 5.41) is 16.8. The van der Waals surface area contributed by atoms with Crippen molar-refractivity contribution in [2.75, 3.05) is 5.73 Å². The first-order valence-electron chi connectivity index (χ1n) is 4.84. The van der Waals surface area contributed by atoms with Crippen LogP contribution in [0, 0.1) is 0 Å². The molecule has 88 valence electrons. The van der Waals surface area contributed by atoms with Crippen LogP contribution in [0.3, 0.4) is 0 Å². The second kappa shape index (κ2) is 4.88. The number of hydrogen-bond acceptors (Lipinski definition) is 5. The van der Waals surface area contributed by atoms with Crippen LogP contribution in [0.25, 0.3) is 0 Å². The summed E-state index contributed by atoms with van der Waals surface area (Å²) in [7, 11) is 0. The molecule has 0 amide bonds. The van der Waals surface area contributed by atoms with Gasteiger partial charge in [-0.15, -0.1) is 10.2 Å². The van der Waals surface area contributed by atoms with Crippen molar-refractivity contribution in [1.29, 1.82) is 0 Å². The Labute approximate surface area is 103 Å². The van der Waals surface area contributed by atoms with E-state index in [1.807, 2.05) is 6.07 Å². The normalized spacial score (nSPS) is 10.2. The third-order valence-corrected chi connectivity index (χ3v) is 2.23. The van der Waals surface area contributed by atoms with E-state index >= 15 is 0 Å². The average Bonchev–Trinajstić information content (AvgIpc) is 2.28. The topological polar surface area (TPSA) is 81.3 Å². The van der Waals surface area contributed by atoms with Gasteiger partial charge in [-0.25, -0.2) is 0 Å². The van der Waals surface area contributed by atoms with Crippen molar-refractivity contribution in [2.24, 2.45) is 0 Å². The first-order valence-corrected chi connectivity index (χ1v) is 5.22. The van der Waals surface area contributed by atoms with E-state index in [1.165, 1.54) is 6.07 Å². The molecule has 0 aliphatic carbocycles. The molecule has 0 spiro atoms. The Bertz CT molecular complexity index is 534. The Kier molecular flexibility index (Phi) is 3.30. The van der Waals surface area contributed by atoms with Crippen LogP contribution >= 0.6 is 11.6 Å². The minimum atomic E-state index is 0.182. The highest BCUT2D eigenvalue weighted by Gasteiger charge is 2.05. The van der Waals surface area contributed by atoms with Crippen LogP contribution in [-0.4, -0.2) is 15.3 Å². The van der Waals surface area contributed by atoms with Gasteiger partial charge in [-0.3, -0.25) is 0 Å². The molecule has 0 saturated carbocycles. The lowest BCUT2D eigenvalue weighted by Gasteiger charge is -2.07. The monoisotopic (exact) mass is 251 g/mol. The minimum Gasteiger partial charge on any atom is -0.508 e. The zero-order chi connectivity index (χ0) is 12.3. The third-order valence-electron chi connectivity index (χ3n) is 2.04. The average molecular weight is 252 g/mol. The summed E-state index contributed by atoms with van der Waals surface area (Å²) in [6.45, 7) is 0.245. The molecule has 6 heteroatoms. The highest BCUT2D eigenvalue weighted by Crippen LogP contribution is 2.21. The fourth-order valence-corrected chi connectivity index (χ4v) is 1.44. The van der Waals surface area contributed by atoms with Gasteiger partial charge in [-0.1, -0.05) is 23.7 Å². The number of benzene rings is 1. The van der Waals surface area contributed by atoms with Crippen LogP contribution in [0.1, 0.15) is 5.56 Å². The lowest BCUT2D eigenvalue weighted by Crippen LogP contribution is -2.02. The van der Waals surface area contributed by atoms with Crippen molar-refractivity contribution in [2.45, 2.75) is 6.61 Å². The first-order chi connectivity index (χ1) is 8.15. The molecule has 0 fully saturated rings. The number of hydrogen-bond donors (Lipinski definition) is 2. The lowest BCUT2D eigenvalue weighted by molar-refractivity contribution is 0.291. The number of nitrogens with two attached hydrogens (primary N) is 1. The maximum Gasteiger partial charge on any atom is 0.257 e. The Morgan fingerprint density at radius 2 is 2.12 bits per heavy atom. The number of aromatic hydroxyl groups is 1. The quantitative estimate of drug-likeness (QED) is 0.872. The van der Waals surface area contributed by atoms with Crippen molar-refractivity contribution in [3.05, 3.63) is 41.0 Å². The van der Waals surface area contributed by atoms with E-state index in [4.69, 9.17) is 22.1 Å². The SMILES string of the molecule is Nc1cc(Cl)nnc1OCc1cccc(O)c1. The third kappa shape index (κ3) is 2.98. The Balaban J connectivity index is 2.07. The maximum atomic E-state index is 9.28. The number of rotatable bonds is 3. The van der Waals surface area contributed by atoms with Crippen molar-refractivity contribution < 1.29 is 9.84 Å². The molecule has 1 aromatic heterocycles. The summed E-state index contributed by atoms with van der Waals surface area (Å²) in [4.78, 5) is 0. The lowest BCUT2D eigenvalue weighted by atomic mass is 10.2. The molecule has 5 nitrogen and oxygen atoms in total. The van der Waals surface area contributed by atoms with Crippen molar-refractivity contribution in [3.63, 3.8) is 0 Å². The molecule has 17 heavy (non-hydrogen) atoms. The first kappa shape index (κ1) is 11.5. The number of phenolic OH excluding ortho intramolecular Hbond substituents is 1. The van der Waals surface area contributed by atoms with E-state index in [0.29, 0.717) is 5.69 Å². The van der Waals surface area contributed by atoms with Gasteiger partial charge in [0.2, 0.25) is 0 Å². The number of nitrogen functional groups attached to an aromatic ring is 1. The fourth-order valence-electron chi connectivity index (χ4n) is 1.28. The molecule has 0 saturated heterocycles. The van der Waals surface area contributed by atoms with Crippen LogP contribution in [0.4, 0.5) is 5.69 Å². The van der Waals surface area contributed by atoms with Gasteiger partial charge in [-0.2, -0.15) is 0 Å². The van der Waals surface area contributed by atoms with Gasteiger partial charge >= 0.3 is 0 Å². The highest BCUT2D eigenvalue weighted by molar-refractivity contribution is 6.29. The predicted octanol–water partition coefficient (Wildman–Crippen LogP) is 2.00. The van der Waals surface area contributed by atoms with E-state index < -0.39 is 0 Å². The summed E-state index contributed by atoms with van der Waals surface area (Å²) >= 11 is 5.61. The molecular weight excluding hydrogens is 242 g/mol. The fraction of sp³-hybridized carbons (Fsp3) is 0.0909. The molecule has 0 radical (unpaired) electrons. The summed E-state index contributed by atoms with van der Waals surface area (Å²) in [5.74, 6) is 0.402. The molecule has 1 heterocycles.